The van der Waals surface area contributed by atoms with Crippen LogP contribution in [0, 0.1) is 0 Å². The minimum absolute atomic E-state index is 0.0375. The maximum Gasteiger partial charge on any atom is 0.317 e. The van der Waals surface area contributed by atoms with Gasteiger partial charge in [0.25, 0.3) is 0 Å². The predicted octanol–water partition coefficient (Wildman–Crippen LogP) is 1.84. The molecular weight excluding hydrogens is 216 g/mol. The molecule has 0 bridgehead atoms. The number of hydrogen-bond acceptors (Lipinski definition) is 2. The second-order valence-electron chi connectivity index (χ2n) is 4.10. The standard InChI is InChI=1S/C12H22N4O/c1-4-6-8-13-12(17)15(3)10-11-7-9-16(5-2)14-11/h7,9H,4-6,8,10H2,1-3H3,(H,13,17). The zero-order valence-corrected chi connectivity index (χ0v) is 10.9. The van der Waals surface area contributed by atoms with E-state index in [2.05, 4.69) is 17.3 Å². The lowest BCUT2D eigenvalue weighted by Gasteiger charge is -2.16. The summed E-state index contributed by atoms with van der Waals surface area (Å²) in [7, 11) is 1.78. The van der Waals surface area contributed by atoms with Gasteiger partial charge < -0.3 is 10.2 Å². The first-order valence-electron chi connectivity index (χ1n) is 6.18. The predicted molar refractivity (Wildman–Crippen MR) is 67.7 cm³/mol. The number of hydrogen-bond donors (Lipinski definition) is 1. The highest BCUT2D eigenvalue weighted by Crippen LogP contribution is 2.00. The largest absolute Gasteiger partial charge is 0.338 e. The third-order valence-corrected chi connectivity index (χ3v) is 2.57. The molecule has 0 atom stereocenters. The van der Waals surface area contributed by atoms with Crippen molar-refractivity contribution in [3.63, 3.8) is 0 Å². The van der Waals surface area contributed by atoms with Crippen LogP contribution in [0.25, 0.3) is 0 Å². The van der Waals surface area contributed by atoms with Crippen LogP contribution in [0.4, 0.5) is 4.79 Å². The van der Waals surface area contributed by atoms with Crippen LogP contribution in [0.15, 0.2) is 12.3 Å². The van der Waals surface area contributed by atoms with Gasteiger partial charge in [-0.25, -0.2) is 4.79 Å². The smallest absolute Gasteiger partial charge is 0.317 e. The molecule has 1 heterocycles. The van der Waals surface area contributed by atoms with Gasteiger partial charge in [-0.1, -0.05) is 13.3 Å². The van der Waals surface area contributed by atoms with Crippen LogP contribution in [0.1, 0.15) is 32.4 Å². The first-order chi connectivity index (χ1) is 8.17. The third kappa shape index (κ3) is 4.46. The Balaban J connectivity index is 2.37. The minimum atomic E-state index is -0.0375. The average molecular weight is 238 g/mol. The lowest BCUT2D eigenvalue weighted by Crippen LogP contribution is -2.37. The zero-order chi connectivity index (χ0) is 12.7. The number of carbonyl (C=O) groups is 1. The van der Waals surface area contributed by atoms with Crippen molar-refractivity contribution >= 4 is 6.03 Å². The van der Waals surface area contributed by atoms with Gasteiger partial charge in [0.2, 0.25) is 0 Å². The first kappa shape index (κ1) is 13.5. The quantitative estimate of drug-likeness (QED) is 0.769. The molecule has 5 nitrogen and oxygen atoms in total. The summed E-state index contributed by atoms with van der Waals surface area (Å²) in [6.07, 6.45) is 4.03. The van der Waals surface area contributed by atoms with E-state index in [1.54, 1.807) is 11.9 Å². The van der Waals surface area contributed by atoms with E-state index in [0.29, 0.717) is 6.54 Å². The molecule has 17 heavy (non-hydrogen) atoms. The molecule has 0 fully saturated rings. The molecule has 0 aliphatic carbocycles. The fourth-order valence-corrected chi connectivity index (χ4v) is 1.49. The molecule has 5 heteroatoms. The average Bonchev–Trinajstić information content (AvgIpc) is 2.77. The molecule has 1 aromatic rings. The second kappa shape index (κ2) is 6.93. The van der Waals surface area contributed by atoms with E-state index in [1.165, 1.54) is 0 Å². The lowest BCUT2D eigenvalue weighted by atomic mass is 10.3. The number of aromatic nitrogens is 2. The number of unbranched alkanes of at least 4 members (excludes halogenated alkanes) is 1. The van der Waals surface area contributed by atoms with Crippen LogP contribution in [-0.4, -0.2) is 34.3 Å². The maximum atomic E-state index is 11.7. The van der Waals surface area contributed by atoms with E-state index < -0.39 is 0 Å². The molecule has 1 N–H and O–H groups in total. The first-order valence-corrected chi connectivity index (χ1v) is 6.18. The van der Waals surface area contributed by atoms with Gasteiger partial charge in [0.1, 0.15) is 0 Å². The van der Waals surface area contributed by atoms with Gasteiger partial charge >= 0.3 is 6.03 Å². The molecule has 0 unspecified atom stereocenters. The fraction of sp³-hybridized carbons (Fsp3) is 0.667. The fourth-order valence-electron chi connectivity index (χ4n) is 1.49. The Bertz CT molecular complexity index is 348. The molecule has 0 aromatic carbocycles. The van der Waals surface area contributed by atoms with Crippen LogP contribution < -0.4 is 5.32 Å². The summed E-state index contributed by atoms with van der Waals surface area (Å²) in [6, 6.07) is 1.91. The summed E-state index contributed by atoms with van der Waals surface area (Å²) in [5.41, 5.74) is 0.917. The van der Waals surface area contributed by atoms with Gasteiger partial charge in [-0.2, -0.15) is 5.10 Å². The van der Waals surface area contributed by atoms with E-state index >= 15 is 0 Å². The van der Waals surface area contributed by atoms with Crippen LogP contribution in [0.3, 0.4) is 0 Å². The molecule has 1 rings (SSSR count). The Labute approximate surface area is 103 Å². The van der Waals surface area contributed by atoms with Gasteiger partial charge in [0.05, 0.1) is 12.2 Å². The number of rotatable bonds is 6. The molecule has 0 aliphatic rings. The van der Waals surface area contributed by atoms with Crippen molar-refractivity contribution in [2.45, 2.75) is 39.8 Å². The van der Waals surface area contributed by atoms with Gasteiger partial charge in [0.15, 0.2) is 0 Å². The van der Waals surface area contributed by atoms with Crippen molar-refractivity contribution in [1.29, 1.82) is 0 Å². The summed E-state index contributed by atoms with van der Waals surface area (Å²) >= 11 is 0. The van der Waals surface area contributed by atoms with Gasteiger partial charge in [-0.3, -0.25) is 4.68 Å². The Kier molecular flexibility index (Phi) is 5.52. The topological polar surface area (TPSA) is 50.2 Å². The molecule has 96 valence electrons. The summed E-state index contributed by atoms with van der Waals surface area (Å²) < 4.78 is 1.86. The Morgan fingerprint density at radius 3 is 2.88 bits per heavy atom. The summed E-state index contributed by atoms with van der Waals surface area (Å²) in [6.45, 7) is 6.28. The Morgan fingerprint density at radius 1 is 1.53 bits per heavy atom. The van der Waals surface area contributed by atoms with Crippen LogP contribution in [0.2, 0.25) is 0 Å². The summed E-state index contributed by atoms with van der Waals surface area (Å²) in [5.74, 6) is 0. The number of nitrogens with zero attached hydrogens (tertiary/aromatic N) is 3. The van der Waals surface area contributed by atoms with Crippen LogP contribution in [-0.2, 0) is 13.1 Å². The Morgan fingerprint density at radius 2 is 2.29 bits per heavy atom. The summed E-state index contributed by atoms with van der Waals surface area (Å²) in [4.78, 5) is 13.3. The highest BCUT2D eigenvalue weighted by atomic mass is 16.2. The molecule has 2 amide bonds. The number of nitrogens with one attached hydrogen (secondary N) is 1. The van der Waals surface area contributed by atoms with Crippen molar-refractivity contribution in [3.05, 3.63) is 18.0 Å². The van der Waals surface area contributed by atoms with E-state index in [9.17, 15) is 4.79 Å². The van der Waals surface area contributed by atoms with Gasteiger partial charge in [-0.15, -0.1) is 0 Å². The van der Waals surface area contributed by atoms with E-state index in [0.717, 1.165) is 31.6 Å². The molecule has 0 saturated carbocycles. The minimum Gasteiger partial charge on any atom is -0.338 e. The summed E-state index contributed by atoms with van der Waals surface area (Å²) in [5, 5.41) is 7.22. The number of carbonyl (C=O) groups excluding carboxylic acids is 1. The van der Waals surface area contributed by atoms with Crippen LogP contribution >= 0.6 is 0 Å². The van der Waals surface area contributed by atoms with E-state index in [1.807, 2.05) is 23.9 Å². The molecule has 1 aromatic heterocycles. The van der Waals surface area contributed by atoms with Crippen molar-refractivity contribution in [3.8, 4) is 0 Å². The second-order valence-corrected chi connectivity index (χ2v) is 4.10. The van der Waals surface area contributed by atoms with Crippen molar-refractivity contribution < 1.29 is 4.79 Å². The van der Waals surface area contributed by atoms with E-state index in [-0.39, 0.29) is 6.03 Å². The molecular formula is C12H22N4O. The Hall–Kier alpha value is -1.52. The SMILES string of the molecule is CCCCNC(=O)N(C)Cc1ccn(CC)n1. The van der Waals surface area contributed by atoms with Crippen molar-refractivity contribution in [2.24, 2.45) is 0 Å². The molecule has 0 radical (unpaired) electrons. The molecule has 0 spiro atoms. The maximum absolute atomic E-state index is 11.7. The number of amides is 2. The number of aryl methyl sites for hydroxylation is 1. The lowest BCUT2D eigenvalue weighted by molar-refractivity contribution is 0.206. The van der Waals surface area contributed by atoms with E-state index in [4.69, 9.17) is 0 Å². The molecule has 0 aliphatic heterocycles. The molecule has 0 saturated heterocycles. The highest BCUT2D eigenvalue weighted by Gasteiger charge is 2.09. The number of urea groups is 1. The monoisotopic (exact) mass is 238 g/mol. The van der Waals surface area contributed by atoms with Crippen LogP contribution in [0.5, 0.6) is 0 Å². The zero-order valence-electron chi connectivity index (χ0n) is 10.9. The normalized spacial score (nSPS) is 10.3. The van der Waals surface area contributed by atoms with Crippen molar-refractivity contribution in [1.82, 2.24) is 20.0 Å². The van der Waals surface area contributed by atoms with Crippen molar-refractivity contribution in [2.75, 3.05) is 13.6 Å². The third-order valence-electron chi connectivity index (χ3n) is 2.57. The van der Waals surface area contributed by atoms with Gasteiger partial charge in [0, 0.05) is 26.3 Å². The highest BCUT2D eigenvalue weighted by molar-refractivity contribution is 5.73. The van der Waals surface area contributed by atoms with Gasteiger partial charge in [-0.05, 0) is 19.4 Å².